The summed E-state index contributed by atoms with van der Waals surface area (Å²) >= 11 is 7.50. The van der Waals surface area contributed by atoms with Crippen LogP contribution in [0.1, 0.15) is 45.2 Å². The topological polar surface area (TPSA) is 107 Å². The van der Waals surface area contributed by atoms with Gasteiger partial charge in [-0.1, -0.05) is 29.0 Å². The number of methoxy groups -OCH3 is 1. The Bertz CT molecular complexity index is 1760. The molecule has 1 unspecified atom stereocenters. The van der Waals surface area contributed by atoms with Crippen LogP contribution in [-0.2, 0) is 4.74 Å². The van der Waals surface area contributed by atoms with E-state index in [4.69, 9.17) is 25.7 Å². The van der Waals surface area contributed by atoms with Crippen LogP contribution in [0.5, 0.6) is 0 Å². The molecule has 4 heterocycles. The highest BCUT2D eigenvalue weighted by molar-refractivity contribution is 7.18. The van der Waals surface area contributed by atoms with Crippen molar-refractivity contribution >= 4 is 55.9 Å². The highest BCUT2D eigenvalue weighted by atomic mass is 35.5. The number of aromatic nitrogens is 3. The quantitative estimate of drug-likeness (QED) is 0.204. The molecule has 1 aromatic carbocycles. The molecule has 0 amide bonds. The molecule has 5 aromatic rings. The van der Waals surface area contributed by atoms with Gasteiger partial charge in [-0.3, -0.25) is 4.79 Å². The SMILES string of the molecule is COC(=O)c1nc(Cl)ccc1NC(C)c1cc(C)cc2c(=O)c(C)c(-c3ccc4nc(C)sc4n3)oc12. The van der Waals surface area contributed by atoms with Crippen LogP contribution in [0.25, 0.3) is 32.8 Å². The first-order valence-electron chi connectivity index (χ1n) is 11.5. The third-order valence-corrected chi connectivity index (χ3v) is 7.16. The lowest BCUT2D eigenvalue weighted by molar-refractivity contribution is 0.0595. The first-order chi connectivity index (χ1) is 17.7. The summed E-state index contributed by atoms with van der Waals surface area (Å²) in [4.78, 5) is 39.9. The molecule has 10 heteroatoms. The first-order valence-corrected chi connectivity index (χ1v) is 12.7. The van der Waals surface area contributed by atoms with Crippen LogP contribution >= 0.6 is 22.9 Å². The smallest absolute Gasteiger partial charge is 0.358 e. The van der Waals surface area contributed by atoms with Crippen molar-refractivity contribution in [2.24, 2.45) is 0 Å². The number of nitrogens with zero attached hydrogens (tertiary/aromatic N) is 3. The molecule has 188 valence electrons. The molecule has 37 heavy (non-hydrogen) atoms. The van der Waals surface area contributed by atoms with E-state index < -0.39 is 5.97 Å². The Labute approximate surface area is 221 Å². The predicted octanol–water partition coefficient (Wildman–Crippen LogP) is 6.40. The lowest BCUT2D eigenvalue weighted by Gasteiger charge is -2.20. The number of rotatable bonds is 5. The van der Waals surface area contributed by atoms with Crippen LogP contribution in [0.2, 0.25) is 5.15 Å². The number of thiazole rings is 1. The molecule has 0 radical (unpaired) electrons. The van der Waals surface area contributed by atoms with Gasteiger partial charge in [0.15, 0.2) is 16.9 Å². The average molecular weight is 535 g/mol. The minimum absolute atomic E-state index is 0.0640. The van der Waals surface area contributed by atoms with Gasteiger partial charge in [0, 0.05) is 11.1 Å². The number of ether oxygens (including phenoxy) is 1. The number of hydrogen-bond acceptors (Lipinski definition) is 9. The summed E-state index contributed by atoms with van der Waals surface area (Å²) in [5, 5.41) is 4.86. The van der Waals surface area contributed by atoms with Crippen LogP contribution in [-0.4, -0.2) is 28.0 Å². The molecule has 4 aromatic heterocycles. The zero-order chi connectivity index (χ0) is 26.4. The van der Waals surface area contributed by atoms with E-state index in [2.05, 4.69) is 15.3 Å². The van der Waals surface area contributed by atoms with Crippen molar-refractivity contribution in [3.8, 4) is 11.5 Å². The van der Waals surface area contributed by atoms with E-state index in [0.717, 1.165) is 26.5 Å². The van der Waals surface area contributed by atoms with E-state index in [-0.39, 0.29) is 22.3 Å². The van der Waals surface area contributed by atoms with Gasteiger partial charge in [0.1, 0.15) is 26.8 Å². The van der Waals surface area contributed by atoms with Crippen molar-refractivity contribution in [1.29, 1.82) is 0 Å². The van der Waals surface area contributed by atoms with Gasteiger partial charge in [-0.15, -0.1) is 0 Å². The number of nitrogens with one attached hydrogen (secondary N) is 1. The maximum Gasteiger partial charge on any atom is 0.358 e. The Morgan fingerprint density at radius 2 is 1.89 bits per heavy atom. The van der Waals surface area contributed by atoms with E-state index in [1.54, 1.807) is 19.1 Å². The number of carbonyl (C=O) groups excluding carboxylic acids is 1. The minimum atomic E-state index is -0.615. The van der Waals surface area contributed by atoms with E-state index in [9.17, 15) is 9.59 Å². The standard InChI is InChI=1S/C27H23ClN4O4S/c1-12-10-16(14(3)29-18-8-9-21(28)32-22(18)27(34)35-5)25-17(11-12)23(33)13(2)24(36-25)19-6-7-20-26(31-19)37-15(4)30-20/h6-11,14,29H,1-5H3. The van der Waals surface area contributed by atoms with Crippen molar-refractivity contribution in [3.63, 3.8) is 0 Å². The van der Waals surface area contributed by atoms with E-state index >= 15 is 0 Å². The van der Waals surface area contributed by atoms with Gasteiger partial charge in [0.05, 0.1) is 29.2 Å². The zero-order valence-corrected chi connectivity index (χ0v) is 22.4. The molecule has 0 fully saturated rings. The molecule has 0 spiro atoms. The molecule has 0 aliphatic heterocycles. The number of hydrogen-bond donors (Lipinski definition) is 1. The molecule has 5 rings (SSSR count). The number of benzene rings is 1. The van der Waals surface area contributed by atoms with Gasteiger partial charge in [-0.2, -0.15) is 0 Å². The number of aryl methyl sites for hydroxylation is 2. The van der Waals surface area contributed by atoms with Crippen LogP contribution in [0.3, 0.4) is 0 Å². The Morgan fingerprint density at radius 1 is 1.11 bits per heavy atom. The first kappa shape index (κ1) is 24.9. The van der Waals surface area contributed by atoms with Crippen molar-refractivity contribution < 1.29 is 13.9 Å². The van der Waals surface area contributed by atoms with Gasteiger partial charge in [-0.25, -0.2) is 19.7 Å². The third-order valence-electron chi connectivity index (χ3n) is 6.07. The van der Waals surface area contributed by atoms with Gasteiger partial charge in [0.25, 0.3) is 0 Å². The second kappa shape index (κ2) is 9.57. The monoisotopic (exact) mass is 534 g/mol. The zero-order valence-electron chi connectivity index (χ0n) is 20.8. The molecule has 0 saturated heterocycles. The van der Waals surface area contributed by atoms with Crippen LogP contribution in [0.15, 0.2) is 45.6 Å². The van der Waals surface area contributed by atoms with Crippen LogP contribution < -0.4 is 10.7 Å². The second-order valence-corrected chi connectivity index (χ2v) is 10.3. The molecule has 0 bridgehead atoms. The summed E-state index contributed by atoms with van der Waals surface area (Å²) in [6.07, 6.45) is 0. The highest BCUT2D eigenvalue weighted by Crippen LogP contribution is 2.33. The summed E-state index contributed by atoms with van der Waals surface area (Å²) in [6.45, 7) is 7.51. The maximum atomic E-state index is 13.5. The summed E-state index contributed by atoms with van der Waals surface area (Å²) in [5.41, 5.74) is 4.32. The van der Waals surface area contributed by atoms with Gasteiger partial charge in [-0.05, 0) is 63.6 Å². The summed E-state index contributed by atoms with van der Waals surface area (Å²) in [5.74, 6) is -0.207. The van der Waals surface area contributed by atoms with Crippen LogP contribution in [0.4, 0.5) is 5.69 Å². The second-order valence-electron chi connectivity index (χ2n) is 8.76. The summed E-state index contributed by atoms with van der Waals surface area (Å²) < 4.78 is 11.3. The molecule has 1 N–H and O–H groups in total. The fourth-order valence-corrected chi connectivity index (χ4v) is 5.23. The molecular formula is C27H23ClN4O4S. The predicted molar refractivity (Wildman–Crippen MR) is 146 cm³/mol. The molecule has 1 atom stereocenters. The molecule has 0 saturated carbocycles. The number of pyridine rings is 2. The van der Waals surface area contributed by atoms with Crippen LogP contribution in [0, 0.1) is 20.8 Å². The van der Waals surface area contributed by atoms with Gasteiger partial charge < -0.3 is 14.5 Å². The minimum Gasteiger partial charge on any atom is -0.464 e. The summed E-state index contributed by atoms with van der Waals surface area (Å²) in [7, 11) is 1.28. The van der Waals surface area contributed by atoms with Crippen molar-refractivity contribution in [1.82, 2.24) is 15.0 Å². The maximum absolute atomic E-state index is 13.5. The Balaban J connectivity index is 1.66. The molecule has 0 aliphatic carbocycles. The fraction of sp³-hybridized carbons (Fsp3) is 0.222. The lowest BCUT2D eigenvalue weighted by Crippen LogP contribution is -2.15. The number of fused-ring (bicyclic) bond motifs is 2. The fourth-order valence-electron chi connectivity index (χ4n) is 4.30. The Hall–Kier alpha value is -3.82. The van der Waals surface area contributed by atoms with Crippen molar-refractivity contribution in [2.75, 3.05) is 12.4 Å². The lowest BCUT2D eigenvalue weighted by atomic mass is 9.99. The van der Waals surface area contributed by atoms with Crippen molar-refractivity contribution in [2.45, 2.75) is 33.7 Å². The molecular weight excluding hydrogens is 512 g/mol. The summed E-state index contributed by atoms with van der Waals surface area (Å²) in [6, 6.07) is 10.4. The Kier molecular flexibility index (Phi) is 6.43. The molecule has 0 aliphatic rings. The number of anilines is 1. The van der Waals surface area contributed by atoms with Gasteiger partial charge in [0.2, 0.25) is 0 Å². The third kappa shape index (κ3) is 4.56. The van der Waals surface area contributed by atoms with Gasteiger partial charge >= 0.3 is 5.97 Å². The highest BCUT2D eigenvalue weighted by Gasteiger charge is 2.22. The normalized spacial score (nSPS) is 12.2. The van der Waals surface area contributed by atoms with E-state index in [1.807, 2.05) is 45.0 Å². The largest absolute Gasteiger partial charge is 0.464 e. The van der Waals surface area contributed by atoms with E-state index in [0.29, 0.717) is 33.7 Å². The van der Waals surface area contributed by atoms with E-state index in [1.165, 1.54) is 18.4 Å². The Morgan fingerprint density at radius 3 is 2.65 bits per heavy atom. The molecule has 8 nitrogen and oxygen atoms in total. The number of halogens is 1. The van der Waals surface area contributed by atoms with Crippen molar-refractivity contribution in [3.05, 3.63) is 79.2 Å². The average Bonchev–Trinajstić information content (AvgIpc) is 3.25. The number of esters is 1. The number of carbonyl (C=O) groups is 1.